The third kappa shape index (κ3) is 6.12. The topological polar surface area (TPSA) is 51.0 Å². The molecule has 0 saturated carbocycles. The molecule has 0 spiro atoms. The van der Waals surface area contributed by atoms with E-state index in [2.05, 4.69) is 21.7 Å². The Balaban J connectivity index is 1.88. The first-order chi connectivity index (χ1) is 7.83. The summed E-state index contributed by atoms with van der Waals surface area (Å²) in [5, 5.41) is 7.14. The fraction of sp³-hybridized carbons (Fsp3) is 0.818. The minimum absolute atomic E-state index is 0.633. The van der Waals surface area contributed by atoms with Crippen LogP contribution in [-0.4, -0.2) is 28.7 Å². The maximum Gasteiger partial charge on any atom is 0.223 e. The van der Waals surface area contributed by atoms with Gasteiger partial charge in [0.05, 0.1) is 6.54 Å². The smallest absolute Gasteiger partial charge is 0.223 e. The Hall–Kier alpha value is -0.550. The molecule has 92 valence electrons. The molecule has 0 aromatic carbocycles. The average molecular weight is 243 g/mol. The highest BCUT2D eigenvalue weighted by molar-refractivity contribution is 7.98. The number of thioether (sulfide) groups is 1. The van der Waals surface area contributed by atoms with Crippen molar-refractivity contribution in [2.24, 2.45) is 0 Å². The number of nitrogens with one attached hydrogen (secondary N) is 1. The lowest BCUT2D eigenvalue weighted by atomic mass is 10.2. The van der Waals surface area contributed by atoms with Crippen LogP contribution in [0.25, 0.3) is 0 Å². The summed E-state index contributed by atoms with van der Waals surface area (Å²) < 4.78 is 4.88. The number of hydrogen-bond donors (Lipinski definition) is 1. The normalized spacial score (nSPS) is 10.9. The highest BCUT2D eigenvalue weighted by atomic mass is 32.2. The summed E-state index contributed by atoms with van der Waals surface area (Å²) in [7, 11) is 0. The third-order valence-electron chi connectivity index (χ3n) is 2.30. The molecule has 0 fully saturated rings. The molecule has 1 aromatic heterocycles. The summed E-state index contributed by atoms with van der Waals surface area (Å²) in [6.07, 6.45) is 7.37. The van der Waals surface area contributed by atoms with E-state index >= 15 is 0 Å². The maximum atomic E-state index is 4.88. The van der Waals surface area contributed by atoms with Crippen LogP contribution >= 0.6 is 11.8 Å². The van der Waals surface area contributed by atoms with Gasteiger partial charge in [0.1, 0.15) is 0 Å². The minimum atomic E-state index is 0.633. The van der Waals surface area contributed by atoms with Crippen molar-refractivity contribution in [2.45, 2.75) is 39.2 Å². The summed E-state index contributed by atoms with van der Waals surface area (Å²) >= 11 is 1.93. The van der Waals surface area contributed by atoms with Gasteiger partial charge in [0.25, 0.3) is 0 Å². The Morgan fingerprint density at radius 1 is 1.25 bits per heavy atom. The maximum absolute atomic E-state index is 4.88. The van der Waals surface area contributed by atoms with Gasteiger partial charge in [0, 0.05) is 6.92 Å². The molecule has 4 nitrogen and oxygen atoms in total. The Morgan fingerprint density at radius 2 is 2.06 bits per heavy atom. The third-order valence-corrected chi connectivity index (χ3v) is 3.00. The molecule has 1 rings (SSSR count). The van der Waals surface area contributed by atoms with E-state index in [1.54, 1.807) is 0 Å². The van der Waals surface area contributed by atoms with Gasteiger partial charge in [-0.2, -0.15) is 16.7 Å². The molecule has 0 unspecified atom stereocenters. The van der Waals surface area contributed by atoms with Crippen molar-refractivity contribution in [3.05, 3.63) is 11.7 Å². The van der Waals surface area contributed by atoms with Gasteiger partial charge in [0.15, 0.2) is 5.82 Å². The standard InChI is InChI=1S/C11H21N3OS/c1-10-13-11(14-15-10)9-12-7-5-3-4-6-8-16-2/h12H,3-9H2,1-2H3. The zero-order valence-corrected chi connectivity index (χ0v) is 11.0. The van der Waals surface area contributed by atoms with E-state index in [1.807, 2.05) is 18.7 Å². The predicted octanol–water partition coefficient (Wildman–Crippen LogP) is 2.39. The van der Waals surface area contributed by atoms with Crippen LogP contribution in [0.5, 0.6) is 0 Å². The molecule has 1 N–H and O–H groups in total. The van der Waals surface area contributed by atoms with Gasteiger partial charge in [0.2, 0.25) is 5.89 Å². The Morgan fingerprint density at radius 3 is 2.75 bits per heavy atom. The van der Waals surface area contributed by atoms with E-state index in [9.17, 15) is 0 Å². The molecule has 1 aromatic rings. The van der Waals surface area contributed by atoms with Gasteiger partial charge in [-0.15, -0.1) is 0 Å². The number of nitrogens with zero attached hydrogens (tertiary/aromatic N) is 2. The highest BCUT2D eigenvalue weighted by Crippen LogP contribution is 2.04. The predicted molar refractivity (Wildman–Crippen MR) is 67.6 cm³/mol. The summed E-state index contributed by atoms with van der Waals surface area (Å²) in [6.45, 7) is 3.55. The molecule has 16 heavy (non-hydrogen) atoms. The number of unbranched alkanes of at least 4 members (excludes halogenated alkanes) is 3. The molecular weight excluding hydrogens is 222 g/mol. The van der Waals surface area contributed by atoms with Crippen LogP contribution in [0, 0.1) is 6.92 Å². The fourth-order valence-electron chi connectivity index (χ4n) is 1.46. The van der Waals surface area contributed by atoms with E-state index in [0.717, 1.165) is 12.4 Å². The number of aromatic nitrogens is 2. The summed E-state index contributed by atoms with van der Waals surface area (Å²) in [5.74, 6) is 2.67. The zero-order chi connectivity index (χ0) is 11.6. The second-order valence-electron chi connectivity index (χ2n) is 3.81. The molecule has 0 amide bonds. The Kier molecular flexibility index (Phi) is 7.25. The molecule has 0 saturated heterocycles. The van der Waals surface area contributed by atoms with Crippen LogP contribution in [0.3, 0.4) is 0 Å². The minimum Gasteiger partial charge on any atom is -0.340 e. The molecule has 0 aliphatic heterocycles. The van der Waals surface area contributed by atoms with Crippen LogP contribution in [0.15, 0.2) is 4.52 Å². The summed E-state index contributed by atoms with van der Waals surface area (Å²) in [4.78, 5) is 4.13. The second kappa shape index (κ2) is 8.58. The van der Waals surface area contributed by atoms with E-state index in [1.165, 1.54) is 31.4 Å². The second-order valence-corrected chi connectivity index (χ2v) is 4.80. The summed E-state index contributed by atoms with van der Waals surface area (Å²) in [6, 6.07) is 0. The van der Waals surface area contributed by atoms with Crippen molar-refractivity contribution in [1.82, 2.24) is 15.5 Å². The van der Waals surface area contributed by atoms with Crippen molar-refractivity contribution >= 4 is 11.8 Å². The van der Waals surface area contributed by atoms with Crippen molar-refractivity contribution in [1.29, 1.82) is 0 Å². The molecule has 0 bridgehead atoms. The van der Waals surface area contributed by atoms with Gasteiger partial charge >= 0.3 is 0 Å². The Labute approximate surface area is 102 Å². The number of aryl methyl sites for hydroxylation is 1. The van der Waals surface area contributed by atoms with Crippen LogP contribution in [0.1, 0.15) is 37.4 Å². The lowest BCUT2D eigenvalue weighted by molar-refractivity contribution is 0.385. The summed E-state index contributed by atoms with van der Waals surface area (Å²) in [5.41, 5.74) is 0. The van der Waals surface area contributed by atoms with Crippen LogP contribution < -0.4 is 5.32 Å². The van der Waals surface area contributed by atoms with E-state index in [0.29, 0.717) is 12.4 Å². The quantitative estimate of drug-likeness (QED) is 0.675. The van der Waals surface area contributed by atoms with Gasteiger partial charge < -0.3 is 9.84 Å². The number of rotatable bonds is 9. The fourth-order valence-corrected chi connectivity index (χ4v) is 1.96. The molecule has 0 radical (unpaired) electrons. The van der Waals surface area contributed by atoms with Crippen LogP contribution in [0.2, 0.25) is 0 Å². The van der Waals surface area contributed by atoms with Crippen LogP contribution in [-0.2, 0) is 6.54 Å². The molecule has 0 aliphatic carbocycles. The lowest BCUT2D eigenvalue weighted by Gasteiger charge is -2.01. The SMILES string of the molecule is CSCCCCCCNCc1noc(C)n1. The zero-order valence-electron chi connectivity index (χ0n) is 10.2. The lowest BCUT2D eigenvalue weighted by Crippen LogP contribution is -2.15. The highest BCUT2D eigenvalue weighted by Gasteiger charge is 2.00. The molecule has 0 atom stereocenters. The van der Waals surface area contributed by atoms with E-state index in [4.69, 9.17) is 4.52 Å². The van der Waals surface area contributed by atoms with Crippen molar-refractivity contribution in [2.75, 3.05) is 18.6 Å². The Bertz CT molecular complexity index is 278. The van der Waals surface area contributed by atoms with E-state index < -0.39 is 0 Å². The largest absolute Gasteiger partial charge is 0.340 e. The van der Waals surface area contributed by atoms with Crippen LogP contribution in [0.4, 0.5) is 0 Å². The first kappa shape index (κ1) is 13.5. The van der Waals surface area contributed by atoms with Gasteiger partial charge in [-0.25, -0.2) is 0 Å². The molecule has 1 heterocycles. The van der Waals surface area contributed by atoms with Crippen molar-refractivity contribution < 1.29 is 4.52 Å². The first-order valence-electron chi connectivity index (χ1n) is 5.82. The van der Waals surface area contributed by atoms with Crippen molar-refractivity contribution in [3.8, 4) is 0 Å². The van der Waals surface area contributed by atoms with Gasteiger partial charge in [-0.1, -0.05) is 18.0 Å². The van der Waals surface area contributed by atoms with Gasteiger partial charge in [-0.05, 0) is 31.4 Å². The number of hydrogen-bond acceptors (Lipinski definition) is 5. The molecular formula is C11H21N3OS. The van der Waals surface area contributed by atoms with Crippen molar-refractivity contribution in [3.63, 3.8) is 0 Å². The first-order valence-corrected chi connectivity index (χ1v) is 7.21. The molecule has 5 heteroatoms. The molecule has 0 aliphatic rings. The average Bonchev–Trinajstić information content (AvgIpc) is 2.68. The van der Waals surface area contributed by atoms with Gasteiger partial charge in [-0.3, -0.25) is 0 Å². The van der Waals surface area contributed by atoms with E-state index in [-0.39, 0.29) is 0 Å². The monoisotopic (exact) mass is 243 g/mol.